The first-order chi connectivity index (χ1) is 17.0. The molecule has 4 aromatic rings. The Balaban J connectivity index is 0.000000198. The molecule has 0 saturated heterocycles. The third-order valence-electron chi connectivity index (χ3n) is 4.68. The van der Waals surface area contributed by atoms with E-state index >= 15 is 0 Å². The number of ether oxygens (including phenoxy) is 2. The fraction of sp³-hybridized carbons (Fsp3) is 0.0345. The molecule has 176 valence electrons. The van der Waals surface area contributed by atoms with Crippen molar-refractivity contribution in [1.82, 2.24) is 0 Å². The lowest BCUT2D eigenvalue weighted by Gasteiger charge is -2.07. The van der Waals surface area contributed by atoms with Gasteiger partial charge in [-0.2, -0.15) is 0 Å². The van der Waals surface area contributed by atoms with Crippen molar-refractivity contribution in [2.24, 2.45) is 0 Å². The lowest BCUT2D eigenvalue weighted by Crippen LogP contribution is -2.05. The van der Waals surface area contributed by atoms with Crippen molar-refractivity contribution in [2.45, 2.75) is 6.42 Å². The summed E-state index contributed by atoms with van der Waals surface area (Å²) < 4.78 is 10.8. The molecular weight excluding hydrogens is 444 g/mol. The Kier molecular flexibility index (Phi) is 9.22. The summed E-state index contributed by atoms with van der Waals surface area (Å²) in [7, 11) is 0. The van der Waals surface area contributed by atoms with Gasteiger partial charge in [0, 0.05) is 6.42 Å². The molecule has 4 aromatic carbocycles. The van der Waals surface area contributed by atoms with Crippen molar-refractivity contribution in [2.75, 3.05) is 0 Å². The zero-order chi connectivity index (χ0) is 24.9. The van der Waals surface area contributed by atoms with Gasteiger partial charge in [-0.25, -0.2) is 9.59 Å². The van der Waals surface area contributed by atoms with Gasteiger partial charge in [-0.05, 0) is 42.0 Å². The second-order valence-corrected chi connectivity index (χ2v) is 7.26. The Morgan fingerprint density at radius 3 is 1.74 bits per heavy atom. The van der Waals surface area contributed by atoms with Crippen LogP contribution in [0.3, 0.4) is 0 Å². The van der Waals surface area contributed by atoms with Crippen molar-refractivity contribution in [3.05, 3.63) is 138 Å². The molecule has 0 saturated carbocycles. The molecule has 6 heteroatoms. The zero-order valence-electron chi connectivity index (χ0n) is 18.8. The number of rotatable bonds is 8. The number of benzene rings is 4. The van der Waals surface area contributed by atoms with Gasteiger partial charge in [-0.3, -0.25) is 0 Å². The average Bonchev–Trinajstić information content (AvgIpc) is 2.89. The van der Waals surface area contributed by atoms with Crippen LogP contribution in [0.5, 0.6) is 17.2 Å². The summed E-state index contributed by atoms with van der Waals surface area (Å²) in [5.41, 5.74) is 1.31. The van der Waals surface area contributed by atoms with Crippen molar-refractivity contribution < 1.29 is 29.3 Å². The Hall–Kier alpha value is -4.84. The maximum Gasteiger partial charge on any atom is 0.339 e. The van der Waals surface area contributed by atoms with Gasteiger partial charge in [0.25, 0.3) is 0 Å². The molecule has 35 heavy (non-hydrogen) atoms. The largest absolute Gasteiger partial charge is 0.478 e. The van der Waals surface area contributed by atoms with E-state index in [0.29, 0.717) is 23.7 Å². The lowest BCUT2D eigenvalue weighted by molar-refractivity contribution is -0.132. The SMILES string of the molecule is O=C(O)C(=COc1ccccc1)Cc1ccccc1.O=C(O)c1ccccc1Oc1ccccc1. The topological polar surface area (TPSA) is 93.1 Å². The van der Waals surface area contributed by atoms with Gasteiger partial charge in [-0.1, -0.05) is 78.9 Å². The molecule has 0 aliphatic heterocycles. The van der Waals surface area contributed by atoms with Crippen LogP contribution in [0.25, 0.3) is 0 Å². The summed E-state index contributed by atoms with van der Waals surface area (Å²) in [4.78, 5) is 22.1. The number of hydrogen-bond acceptors (Lipinski definition) is 4. The third-order valence-corrected chi connectivity index (χ3v) is 4.68. The van der Waals surface area contributed by atoms with E-state index in [1.54, 1.807) is 42.5 Å². The zero-order valence-corrected chi connectivity index (χ0v) is 18.8. The van der Waals surface area contributed by atoms with Crippen molar-refractivity contribution in [1.29, 1.82) is 0 Å². The van der Waals surface area contributed by atoms with Crippen LogP contribution in [-0.4, -0.2) is 22.2 Å². The fourth-order valence-corrected chi connectivity index (χ4v) is 2.97. The van der Waals surface area contributed by atoms with Crippen LogP contribution in [0, 0.1) is 0 Å². The first-order valence-electron chi connectivity index (χ1n) is 10.8. The minimum atomic E-state index is -0.994. The first-order valence-corrected chi connectivity index (χ1v) is 10.8. The molecule has 2 N–H and O–H groups in total. The Bertz CT molecular complexity index is 1250. The molecule has 0 fully saturated rings. The van der Waals surface area contributed by atoms with Crippen LogP contribution in [0.15, 0.2) is 127 Å². The van der Waals surface area contributed by atoms with Gasteiger partial charge >= 0.3 is 11.9 Å². The number of para-hydroxylation sites is 3. The van der Waals surface area contributed by atoms with Crippen LogP contribution in [-0.2, 0) is 11.2 Å². The first kappa shape index (κ1) is 24.8. The average molecular weight is 469 g/mol. The summed E-state index contributed by atoms with van der Waals surface area (Å²) in [5, 5.41) is 18.1. The minimum absolute atomic E-state index is 0.159. The Morgan fingerprint density at radius 2 is 1.17 bits per heavy atom. The Labute approximate surface area is 203 Å². The standard InChI is InChI=1S/C16H14O3.C13H10O3/c17-16(18)14(11-13-7-3-1-4-8-13)12-19-15-9-5-2-6-10-15;14-13(15)11-8-4-5-9-12(11)16-10-6-2-1-3-7-10/h1-10,12H,11H2,(H,17,18);1-9H,(H,14,15). The van der Waals surface area contributed by atoms with E-state index in [4.69, 9.17) is 19.7 Å². The number of carbonyl (C=O) groups is 2. The van der Waals surface area contributed by atoms with E-state index in [0.717, 1.165) is 5.56 Å². The van der Waals surface area contributed by atoms with Gasteiger partial charge < -0.3 is 19.7 Å². The van der Waals surface area contributed by atoms with Gasteiger partial charge in [0.2, 0.25) is 0 Å². The molecule has 6 nitrogen and oxygen atoms in total. The minimum Gasteiger partial charge on any atom is -0.478 e. The molecule has 0 aliphatic carbocycles. The van der Waals surface area contributed by atoms with E-state index in [1.807, 2.05) is 66.7 Å². The summed E-state index contributed by atoms with van der Waals surface area (Å²) in [6.45, 7) is 0. The maximum absolute atomic E-state index is 11.2. The molecule has 4 rings (SSSR count). The van der Waals surface area contributed by atoms with Gasteiger partial charge in [-0.15, -0.1) is 0 Å². The number of aromatic carboxylic acids is 1. The number of carboxylic acids is 2. The fourth-order valence-electron chi connectivity index (χ4n) is 2.97. The quantitative estimate of drug-likeness (QED) is 0.228. The second-order valence-electron chi connectivity index (χ2n) is 7.26. The van der Waals surface area contributed by atoms with E-state index in [9.17, 15) is 9.59 Å². The maximum atomic E-state index is 11.2. The molecule has 0 amide bonds. The number of aliphatic carboxylic acids is 1. The van der Waals surface area contributed by atoms with Gasteiger partial charge in [0.15, 0.2) is 0 Å². The summed E-state index contributed by atoms with van der Waals surface area (Å²) in [6.07, 6.45) is 1.63. The van der Waals surface area contributed by atoms with Crippen LogP contribution < -0.4 is 9.47 Å². The molecule has 0 bridgehead atoms. The molecule has 0 aromatic heterocycles. The van der Waals surface area contributed by atoms with Crippen molar-refractivity contribution >= 4 is 11.9 Å². The van der Waals surface area contributed by atoms with E-state index in [1.165, 1.54) is 12.3 Å². The molecule has 0 aliphatic rings. The number of carboxylic acid groups (broad SMARTS) is 2. The highest BCUT2D eigenvalue weighted by atomic mass is 16.5. The van der Waals surface area contributed by atoms with Crippen LogP contribution in [0.4, 0.5) is 0 Å². The Morgan fingerprint density at radius 1 is 0.657 bits per heavy atom. The van der Waals surface area contributed by atoms with Crippen LogP contribution in [0.2, 0.25) is 0 Å². The second kappa shape index (κ2) is 13.0. The highest BCUT2D eigenvalue weighted by molar-refractivity contribution is 5.91. The molecule has 0 radical (unpaired) electrons. The lowest BCUT2D eigenvalue weighted by atomic mass is 10.1. The van der Waals surface area contributed by atoms with Crippen molar-refractivity contribution in [3.63, 3.8) is 0 Å². The summed E-state index contributed by atoms with van der Waals surface area (Å²) in [6, 6.07) is 34.2. The smallest absolute Gasteiger partial charge is 0.339 e. The monoisotopic (exact) mass is 468 g/mol. The normalized spacial score (nSPS) is 10.5. The van der Waals surface area contributed by atoms with Crippen LogP contribution >= 0.6 is 0 Å². The summed E-state index contributed by atoms with van der Waals surface area (Å²) in [5.74, 6) is -0.377. The molecule has 0 unspecified atom stereocenters. The van der Waals surface area contributed by atoms with Gasteiger partial charge in [0.05, 0.1) is 5.57 Å². The van der Waals surface area contributed by atoms with E-state index in [-0.39, 0.29) is 11.1 Å². The summed E-state index contributed by atoms with van der Waals surface area (Å²) >= 11 is 0. The van der Waals surface area contributed by atoms with Gasteiger partial charge in [0.1, 0.15) is 29.1 Å². The number of hydrogen-bond donors (Lipinski definition) is 2. The third kappa shape index (κ3) is 8.22. The molecular formula is C29H24O6. The van der Waals surface area contributed by atoms with Crippen molar-refractivity contribution in [3.8, 4) is 17.2 Å². The highest BCUT2D eigenvalue weighted by Crippen LogP contribution is 2.24. The van der Waals surface area contributed by atoms with E-state index < -0.39 is 11.9 Å². The predicted octanol–water partition coefficient (Wildman–Crippen LogP) is 6.45. The predicted molar refractivity (Wildman–Crippen MR) is 133 cm³/mol. The highest BCUT2D eigenvalue weighted by Gasteiger charge is 2.10. The molecule has 0 spiro atoms. The molecule has 0 atom stereocenters. The van der Waals surface area contributed by atoms with Crippen LogP contribution in [0.1, 0.15) is 15.9 Å². The molecule has 0 heterocycles. The van der Waals surface area contributed by atoms with E-state index in [2.05, 4.69) is 0 Å².